The van der Waals surface area contributed by atoms with Gasteiger partial charge in [0.05, 0.1) is 14.2 Å². The number of benzene rings is 1. The van der Waals surface area contributed by atoms with Gasteiger partial charge in [-0.2, -0.15) is 0 Å². The number of rotatable bonds is 5. The van der Waals surface area contributed by atoms with Crippen molar-refractivity contribution < 1.29 is 9.47 Å². The average molecular weight is 263 g/mol. The Morgan fingerprint density at radius 3 is 2.68 bits per heavy atom. The molecule has 1 N–H and O–H groups in total. The van der Waals surface area contributed by atoms with E-state index in [2.05, 4.69) is 25.2 Å². The molecule has 0 amide bonds. The first-order valence-corrected chi connectivity index (χ1v) is 7.11. The highest BCUT2D eigenvalue weighted by molar-refractivity contribution is 5.43. The van der Waals surface area contributed by atoms with Crippen LogP contribution in [0.5, 0.6) is 11.5 Å². The minimum Gasteiger partial charge on any atom is -0.497 e. The first kappa shape index (κ1) is 14.2. The molecular weight excluding hydrogens is 238 g/mol. The van der Waals surface area contributed by atoms with E-state index in [0.29, 0.717) is 17.9 Å². The summed E-state index contributed by atoms with van der Waals surface area (Å²) in [5.74, 6) is 3.11. The van der Waals surface area contributed by atoms with E-state index in [1.165, 1.54) is 18.4 Å². The SMILES string of the molecule is COc1ccc(OC)c(C2CCNC2CC(C)C)c1. The number of nitrogens with one attached hydrogen (secondary N) is 1. The van der Waals surface area contributed by atoms with Gasteiger partial charge in [0.2, 0.25) is 0 Å². The standard InChI is InChI=1S/C16H25NO2/c1-11(2)9-15-13(7-8-17-15)14-10-12(18-3)5-6-16(14)19-4/h5-6,10-11,13,15,17H,7-9H2,1-4H3. The van der Waals surface area contributed by atoms with E-state index in [9.17, 15) is 0 Å². The second-order valence-electron chi connectivity index (χ2n) is 5.69. The molecule has 1 heterocycles. The van der Waals surface area contributed by atoms with Crippen LogP contribution in [0.25, 0.3) is 0 Å². The summed E-state index contributed by atoms with van der Waals surface area (Å²) in [5, 5.41) is 3.63. The molecule has 106 valence electrons. The smallest absolute Gasteiger partial charge is 0.122 e. The van der Waals surface area contributed by atoms with E-state index >= 15 is 0 Å². The fourth-order valence-corrected chi connectivity index (χ4v) is 3.02. The first-order valence-electron chi connectivity index (χ1n) is 7.11. The van der Waals surface area contributed by atoms with Crippen molar-refractivity contribution in [3.63, 3.8) is 0 Å². The lowest BCUT2D eigenvalue weighted by Crippen LogP contribution is -2.27. The second kappa shape index (κ2) is 6.29. The van der Waals surface area contributed by atoms with Crippen LogP contribution < -0.4 is 14.8 Å². The zero-order chi connectivity index (χ0) is 13.8. The van der Waals surface area contributed by atoms with Gasteiger partial charge < -0.3 is 14.8 Å². The topological polar surface area (TPSA) is 30.5 Å². The van der Waals surface area contributed by atoms with Gasteiger partial charge >= 0.3 is 0 Å². The molecule has 1 saturated heterocycles. The molecule has 0 radical (unpaired) electrons. The van der Waals surface area contributed by atoms with E-state index in [1.807, 2.05) is 12.1 Å². The third-order valence-electron chi connectivity index (χ3n) is 3.91. The van der Waals surface area contributed by atoms with Crippen LogP contribution in [-0.4, -0.2) is 26.8 Å². The molecule has 2 rings (SSSR count). The maximum absolute atomic E-state index is 5.53. The van der Waals surface area contributed by atoms with Crippen LogP contribution in [0.1, 0.15) is 38.2 Å². The Balaban J connectivity index is 2.28. The van der Waals surface area contributed by atoms with Crippen molar-refractivity contribution in [3.05, 3.63) is 23.8 Å². The highest BCUT2D eigenvalue weighted by atomic mass is 16.5. The molecule has 0 aromatic heterocycles. The molecule has 3 nitrogen and oxygen atoms in total. The Bertz CT molecular complexity index is 417. The Hall–Kier alpha value is -1.22. The van der Waals surface area contributed by atoms with Crippen molar-refractivity contribution in [2.75, 3.05) is 20.8 Å². The predicted octanol–water partition coefficient (Wildman–Crippen LogP) is 3.20. The van der Waals surface area contributed by atoms with Crippen molar-refractivity contribution in [1.29, 1.82) is 0 Å². The van der Waals surface area contributed by atoms with Crippen molar-refractivity contribution in [2.24, 2.45) is 5.92 Å². The maximum Gasteiger partial charge on any atom is 0.122 e. The number of hydrogen-bond donors (Lipinski definition) is 1. The molecule has 1 aromatic carbocycles. The molecule has 1 aromatic rings. The number of hydrogen-bond acceptors (Lipinski definition) is 3. The van der Waals surface area contributed by atoms with E-state index in [4.69, 9.17) is 9.47 Å². The van der Waals surface area contributed by atoms with Crippen LogP contribution in [-0.2, 0) is 0 Å². The summed E-state index contributed by atoms with van der Waals surface area (Å²) < 4.78 is 10.9. The van der Waals surface area contributed by atoms with Crippen LogP contribution in [0.15, 0.2) is 18.2 Å². The van der Waals surface area contributed by atoms with Crippen molar-refractivity contribution >= 4 is 0 Å². The highest BCUT2D eigenvalue weighted by Crippen LogP contribution is 2.38. The van der Waals surface area contributed by atoms with E-state index in [-0.39, 0.29) is 0 Å². The molecule has 3 heteroatoms. The quantitative estimate of drug-likeness (QED) is 0.885. The van der Waals surface area contributed by atoms with Gasteiger partial charge in [-0.1, -0.05) is 13.8 Å². The largest absolute Gasteiger partial charge is 0.497 e. The van der Waals surface area contributed by atoms with Gasteiger partial charge in [-0.3, -0.25) is 0 Å². The predicted molar refractivity (Wildman–Crippen MR) is 78.1 cm³/mol. The minimum atomic E-state index is 0.521. The van der Waals surface area contributed by atoms with Crippen LogP contribution in [0.4, 0.5) is 0 Å². The molecule has 0 spiro atoms. The summed E-state index contributed by atoms with van der Waals surface area (Å²) in [7, 11) is 3.45. The summed E-state index contributed by atoms with van der Waals surface area (Å²) in [6, 6.07) is 6.64. The Labute approximate surface area is 116 Å². The van der Waals surface area contributed by atoms with Crippen molar-refractivity contribution in [1.82, 2.24) is 5.32 Å². The lowest BCUT2D eigenvalue weighted by Gasteiger charge is -2.23. The van der Waals surface area contributed by atoms with Crippen LogP contribution >= 0.6 is 0 Å². The zero-order valence-corrected chi connectivity index (χ0v) is 12.4. The molecule has 2 atom stereocenters. The highest BCUT2D eigenvalue weighted by Gasteiger charge is 2.30. The second-order valence-corrected chi connectivity index (χ2v) is 5.69. The van der Waals surface area contributed by atoms with Gasteiger partial charge in [0.25, 0.3) is 0 Å². The maximum atomic E-state index is 5.53. The molecule has 1 aliphatic rings. The molecule has 1 fully saturated rings. The summed E-state index contributed by atoms with van der Waals surface area (Å²) in [6.07, 6.45) is 2.37. The number of methoxy groups -OCH3 is 2. The monoisotopic (exact) mass is 263 g/mol. The number of ether oxygens (including phenoxy) is 2. The Kier molecular flexibility index (Phi) is 4.70. The first-order chi connectivity index (χ1) is 9.15. The van der Waals surface area contributed by atoms with Gasteiger partial charge in [0.1, 0.15) is 11.5 Å². The van der Waals surface area contributed by atoms with E-state index < -0.39 is 0 Å². The van der Waals surface area contributed by atoms with Crippen molar-refractivity contribution in [2.45, 2.75) is 38.6 Å². The Morgan fingerprint density at radius 2 is 2.05 bits per heavy atom. The van der Waals surface area contributed by atoms with Crippen LogP contribution in [0.3, 0.4) is 0 Å². The molecule has 2 unspecified atom stereocenters. The molecular formula is C16H25NO2. The van der Waals surface area contributed by atoms with E-state index in [0.717, 1.165) is 18.0 Å². The van der Waals surface area contributed by atoms with Crippen LogP contribution in [0.2, 0.25) is 0 Å². The summed E-state index contributed by atoms with van der Waals surface area (Å²) in [6.45, 7) is 5.64. The van der Waals surface area contributed by atoms with Gasteiger partial charge in [-0.15, -0.1) is 0 Å². The molecule has 0 aliphatic carbocycles. The van der Waals surface area contributed by atoms with Gasteiger partial charge in [-0.05, 0) is 43.5 Å². The fourth-order valence-electron chi connectivity index (χ4n) is 3.02. The summed E-state index contributed by atoms with van der Waals surface area (Å²) in [5.41, 5.74) is 1.28. The lowest BCUT2D eigenvalue weighted by atomic mass is 9.87. The zero-order valence-electron chi connectivity index (χ0n) is 12.4. The Morgan fingerprint density at radius 1 is 1.26 bits per heavy atom. The van der Waals surface area contributed by atoms with Crippen LogP contribution in [0, 0.1) is 5.92 Å². The average Bonchev–Trinajstić information content (AvgIpc) is 2.85. The third kappa shape index (κ3) is 3.21. The normalized spacial score (nSPS) is 22.8. The van der Waals surface area contributed by atoms with Crippen molar-refractivity contribution in [3.8, 4) is 11.5 Å². The summed E-state index contributed by atoms with van der Waals surface area (Å²) in [4.78, 5) is 0. The molecule has 0 bridgehead atoms. The van der Waals surface area contributed by atoms with Gasteiger partial charge in [0.15, 0.2) is 0 Å². The minimum absolute atomic E-state index is 0.521. The lowest BCUT2D eigenvalue weighted by molar-refractivity contribution is 0.383. The van der Waals surface area contributed by atoms with Gasteiger partial charge in [0, 0.05) is 17.5 Å². The fraction of sp³-hybridized carbons (Fsp3) is 0.625. The summed E-state index contributed by atoms with van der Waals surface area (Å²) >= 11 is 0. The van der Waals surface area contributed by atoms with E-state index in [1.54, 1.807) is 14.2 Å². The molecule has 19 heavy (non-hydrogen) atoms. The third-order valence-corrected chi connectivity index (χ3v) is 3.91. The molecule has 0 saturated carbocycles. The molecule has 1 aliphatic heterocycles. The van der Waals surface area contributed by atoms with Gasteiger partial charge in [-0.25, -0.2) is 0 Å².